The third-order valence-electron chi connectivity index (χ3n) is 4.43. The maximum Gasteiger partial charge on any atom is 0.0422 e. The van der Waals surface area contributed by atoms with Gasteiger partial charge in [-0.25, -0.2) is 0 Å². The highest BCUT2D eigenvalue weighted by Crippen LogP contribution is 2.33. The van der Waals surface area contributed by atoms with Gasteiger partial charge in [0.05, 0.1) is 0 Å². The van der Waals surface area contributed by atoms with Crippen molar-refractivity contribution >= 4 is 11.4 Å². The fraction of sp³-hybridized carbons (Fsp3) is 0.625. The summed E-state index contributed by atoms with van der Waals surface area (Å²) < 4.78 is 0. The van der Waals surface area contributed by atoms with Gasteiger partial charge in [0.25, 0.3) is 0 Å². The molecule has 1 N–H and O–H groups in total. The molecule has 19 heavy (non-hydrogen) atoms. The van der Waals surface area contributed by atoms with Crippen molar-refractivity contribution in [3.63, 3.8) is 0 Å². The van der Waals surface area contributed by atoms with Crippen LogP contribution in [-0.2, 0) is 6.42 Å². The standard InChI is InChI=1S/C16H25N3/c1-13-12-18(2)10-5-11-19(13)16-8-3-7-15-14(16)6-4-9-17-15/h3,7-8,13,17H,4-6,9-12H2,1-2H3. The molecule has 1 saturated heterocycles. The lowest BCUT2D eigenvalue weighted by atomic mass is 10.00. The first-order valence-corrected chi connectivity index (χ1v) is 7.56. The molecule has 0 bridgehead atoms. The third-order valence-corrected chi connectivity index (χ3v) is 4.43. The van der Waals surface area contributed by atoms with Gasteiger partial charge in [-0.3, -0.25) is 0 Å². The second-order valence-corrected chi connectivity index (χ2v) is 5.99. The minimum Gasteiger partial charge on any atom is -0.385 e. The number of nitrogens with zero attached hydrogens (tertiary/aromatic N) is 2. The van der Waals surface area contributed by atoms with E-state index in [1.165, 1.54) is 49.3 Å². The van der Waals surface area contributed by atoms with Crippen molar-refractivity contribution < 1.29 is 0 Å². The van der Waals surface area contributed by atoms with Gasteiger partial charge in [0.15, 0.2) is 0 Å². The minimum absolute atomic E-state index is 0.598. The topological polar surface area (TPSA) is 18.5 Å². The van der Waals surface area contributed by atoms with E-state index in [0.29, 0.717) is 6.04 Å². The highest BCUT2D eigenvalue weighted by molar-refractivity contribution is 5.68. The Hall–Kier alpha value is -1.22. The molecule has 3 rings (SSSR count). The van der Waals surface area contributed by atoms with Gasteiger partial charge in [-0.15, -0.1) is 0 Å². The van der Waals surface area contributed by atoms with Crippen LogP contribution in [0.3, 0.4) is 0 Å². The van der Waals surface area contributed by atoms with Crippen LogP contribution in [0.15, 0.2) is 18.2 Å². The molecule has 0 spiro atoms. The number of hydrogen-bond donors (Lipinski definition) is 1. The van der Waals surface area contributed by atoms with Crippen LogP contribution >= 0.6 is 0 Å². The summed E-state index contributed by atoms with van der Waals surface area (Å²) in [5.41, 5.74) is 4.35. The molecule has 0 aromatic heterocycles. The molecule has 2 aliphatic rings. The summed E-state index contributed by atoms with van der Waals surface area (Å²) in [6, 6.07) is 7.34. The van der Waals surface area contributed by atoms with Crippen molar-refractivity contribution in [3.05, 3.63) is 23.8 Å². The molecule has 0 radical (unpaired) electrons. The van der Waals surface area contributed by atoms with Gasteiger partial charge in [-0.1, -0.05) is 6.07 Å². The van der Waals surface area contributed by atoms with Gasteiger partial charge in [0.1, 0.15) is 0 Å². The van der Waals surface area contributed by atoms with Crippen LogP contribution in [0.1, 0.15) is 25.3 Å². The number of benzene rings is 1. The number of fused-ring (bicyclic) bond motifs is 1. The molecule has 1 fully saturated rings. The van der Waals surface area contributed by atoms with Crippen LogP contribution in [0.25, 0.3) is 0 Å². The average Bonchev–Trinajstić information content (AvgIpc) is 2.59. The summed E-state index contributed by atoms with van der Waals surface area (Å²) in [5, 5.41) is 3.54. The fourth-order valence-corrected chi connectivity index (χ4v) is 3.49. The van der Waals surface area contributed by atoms with E-state index in [-0.39, 0.29) is 0 Å². The summed E-state index contributed by atoms with van der Waals surface area (Å²) in [4.78, 5) is 5.08. The monoisotopic (exact) mass is 259 g/mol. The van der Waals surface area contributed by atoms with Crippen molar-refractivity contribution in [2.24, 2.45) is 0 Å². The first kappa shape index (κ1) is 12.8. The van der Waals surface area contributed by atoms with E-state index < -0.39 is 0 Å². The van der Waals surface area contributed by atoms with E-state index in [2.05, 4.69) is 47.3 Å². The van der Waals surface area contributed by atoms with E-state index in [0.717, 1.165) is 13.1 Å². The zero-order chi connectivity index (χ0) is 13.2. The van der Waals surface area contributed by atoms with E-state index in [1.807, 2.05) is 0 Å². The fourth-order valence-electron chi connectivity index (χ4n) is 3.49. The van der Waals surface area contributed by atoms with Crippen molar-refractivity contribution in [1.29, 1.82) is 0 Å². The molecule has 1 unspecified atom stereocenters. The molecule has 1 atom stereocenters. The van der Waals surface area contributed by atoms with Gasteiger partial charge in [0.2, 0.25) is 0 Å². The highest BCUT2D eigenvalue weighted by atomic mass is 15.2. The molecule has 3 heteroatoms. The van der Waals surface area contributed by atoms with Crippen molar-refractivity contribution in [2.75, 3.05) is 43.4 Å². The normalized spacial score (nSPS) is 24.5. The maximum atomic E-state index is 3.54. The second kappa shape index (κ2) is 5.41. The van der Waals surface area contributed by atoms with Crippen molar-refractivity contribution in [1.82, 2.24) is 4.90 Å². The zero-order valence-electron chi connectivity index (χ0n) is 12.2. The van der Waals surface area contributed by atoms with Gasteiger partial charge in [-0.2, -0.15) is 0 Å². The first-order valence-electron chi connectivity index (χ1n) is 7.56. The summed E-state index contributed by atoms with van der Waals surface area (Å²) in [6.07, 6.45) is 3.74. The largest absolute Gasteiger partial charge is 0.385 e. The number of rotatable bonds is 1. The van der Waals surface area contributed by atoms with Crippen LogP contribution in [0, 0.1) is 0 Å². The Morgan fingerprint density at radius 2 is 2.11 bits per heavy atom. The Bertz CT molecular complexity index is 444. The van der Waals surface area contributed by atoms with Crippen LogP contribution < -0.4 is 10.2 Å². The Balaban J connectivity index is 1.92. The van der Waals surface area contributed by atoms with Crippen LogP contribution in [-0.4, -0.2) is 44.2 Å². The highest BCUT2D eigenvalue weighted by Gasteiger charge is 2.23. The molecular weight excluding hydrogens is 234 g/mol. The predicted molar refractivity (Wildman–Crippen MR) is 82.2 cm³/mol. The summed E-state index contributed by atoms with van der Waals surface area (Å²) in [7, 11) is 2.24. The predicted octanol–water partition coefficient (Wildman–Crippen LogP) is 2.58. The molecule has 1 aromatic rings. The Morgan fingerprint density at radius 3 is 3.00 bits per heavy atom. The smallest absolute Gasteiger partial charge is 0.0422 e. The molecule has 3 nitrogen and oxygen atoms in total. The Morgan fingerprint density at radius 1 is 1.21 bits per heavy atom. The molecule has 0 amide bonds. The van der Waals surface area contributed by atoms with Crippen LogP contribution in [0.5, 0.6) is 0 Å². The van der Waals surface area contributed by atoms with Gasteiger partial charge >= 0.3 is 0 Å². The molecule has 1 aromatic carbocycles. The molecule has 104 valence electrons. The quantitative estimate of drug-likeness (QED) is 0.836. The number of hydrogen-bond acceptors (Lipinski definition) is 3. The van der Waals surface area contributed by atoms with Crippen LogP contribution in [0.4, 0.5) is 11.4 Å². The molecule has 0 saturated carbocycles. The van der Waals surface area contributed by atoms with E-state index in [1.54, 1.807) is 0 Å². The molecule has 2 heterocycles. The lowest BCUT2D eigenvalue weighted by molar-refractivity contribution is 0.337. The maximum absolute atomic E-state index is 3.54. The lowest BCUT2D eigenvalue weighted by Crippen LogP contribution is -2.38. The van der Waals surface area contributed by atoms with E-state index >= 15 is 0 Å². The van der Waals surface area contributed by atoms with Crippen molar-refractivity contribution in [3.8, 4) is 0 Å². The first-order chi connectivity index (χ1) is 9.25. The molecule has 0 aliphatic carbocycles. The Labute approximate surface area is 116 Å². The average molecular weight is 259 g/mol. The molecular formula is C16H25N3. The van der Waals surface area contributed by atoms with E-state index in [9.17, 15) is 0 Å². The lowest BCUT2D eigenvalue weighted by Gasteiger charge is -2.34. The second-order valence-electron chi connectivity index (χ2n) is 5.99. The third kappa shape index (κ3) is 2.57. The number of nitrogens with one attached hydrogen (secondary N) is 1. The molecule has 2 aliphatic heterocycles. The van der Waals surface area contributed by atoms with Gasteiger partial charge in [-0.05, 0) is 57.5 Å². The summed E-state index contributed by atoms with van der Waals surface area (Å²) in [6.45, 7) is 7.04. The summed E-state index contributed by atoms with van der Waals surface area (Å²) >= 11 is 0. The SMILES string of the molecule is CC1CN(C)CCCN1c1cccc2c1CCCN2. The summed E-state index contributed by atoms with van der Waals surface area (Å²) in [5.74, 6) is 0. The number of anilines is 2. The minimum atomic E-state index is 0.598. The van der Waals surface area contributed by atoms with E-state index in [4.69, 9.17) is 0 Å². The van der Waals surface area contributed by atoms with Gasteiger partial charge in [0, 0.05) is 37.1 Å². The van der Waals surface area contributed by atoms with Gasteiger partial charge < -0.3 is 15.1 Å². The Kier molecular flexibility index (Phi) is 3.65. The zero-order valence-corrected chi connectivity index (χ0v) is 12.2. The van der Waals surface area contributed by atoms with Crippen molar-refractivity contribution in [2.45, 2.75) is 32.2 Å². The number of likely N-dealkylation sites (N-methyl/N-ethyl adjacent to an activating group) is 1. The van der Waals surface area contributed by atoms with Crippen LogP contribution in [0.2, 0.25) is 0 Å².